The predicted octanol–water partition coefficient (Wildman–Crippen LogP) is 2.22. The highest BCUT2D eigenvalue weighted by Crippen LogP contribution is 2.24. The van der Waals surface area contributed by atoms with Gasteiger partial charge in [-0.1, -0.05) is 0 Å². The fourth-order valence-electron chi connectivity index (χ4n) is 1.66. The molecular weight excluding hydrogens is 247 g/mol. The Balaban J connectivity index is 2.96. The second-order valence-electron chi connectivity index (χ2n) is 3.43. The van der Waals surface area contributed by atoms with Crippen molar-refractivity contribution in [1.29, 1.82) is 0 Å². The van der Waals surface area contributed by atoms with Gasteiger partial charge in [0.25, 0.3) is 5.56 Å². The smallest absolute Gasteiger partial charge is 0.262 e. The summed E-state index contributed by atoms with van der Waals surface area (Å²) in [6.07, 6.45) is 0. The predicted molar refractivity (Wildman–Crippen MR) is 63.2 cm³/mol. The Morgan fingerprint density at radius 2 is 2.24 bits per heavy atom. The monoisotopic (exact) mass is 256 g/mol. The Labute approximate surface area is 102 Å². The van der Waals surface area contributed by atoms with Crippen LogP contribution >= 0.6 is 11.6 Å². The number of nitrogens with zero attached hydrogens (tertiary/aromatic N) is 2. The number of fused-ring (bicyclic) bond motifs is 1. The zero-order valence-electron chi connectivity index (χ0n) is 9.33. The highest BCUT2D eigenvalue weighted by molar-refractivity contribution is 6.28. The highest BCUT2D eigenvalue weighted by atomic mass is 35.5. The molecule has 90 valence electrons. The second-order valence-corrected chi connectivity index (χ2v) is 3.77. The van der Waals surface area contributed by atoms with Crippen LogP contribution in [0.15, 0.2) is 16.9 Å². The van der Waals surface area contributed by atoms with Crippen LogP contribution in [0.1, 0.15) is 6.92 Å². The van der Waals surface area contributed by atoms with Gasteiger partial charge in [0.15, 0.2) is 0 Å². The molecule has 0 unspecified atom stereocenters. The van der Waals surface area contributed by atoms with Gasteiger partial charge >= 0.3 is 0 Å². The van der Waals surface area contributed by atoms with Crippen molar-refractivity contribution in [2.75, 3.05) is 7.11 Å². The lowest BCUT2D eigenvalue weighted by Crippen LogP contribution is -2.21. The number of hydrogen-bond donors (Lipinski definition) is 0. The Hall–Kier alpha value is -1.62. The van der Waals surface area contributed by atoms with Crippen LogP contribution in [0, 0.1) is 5.82 Å². The standard InChI is InChI=1S/C11H10ClFN2O2/c1-3-15-10(16)7-4-6(13)5-8(17-2)9(7)14-11(15)12/h4-5H,3H2,1-2H3. The lowest BCUT2D eigenvalue weighted by atomic mass is 10.2. The third-order valence-electron chi connectivity index (χ3n) is 2.48. The molecule has 0 atom stereocenters. The summed E-state index contributed by atoms with van der Waals surface area (Å²) >= 11 is 5.88. The van der Waals surface area contributed by atoms with Crippen LogP contribution in [0.3, 0.4) is 0 Å². The van der Waals surface area contributed by atoms with Gasteiger partial charge in [-0.25, -0.2) is 9.37 Å². The summed E-state index contributed by atoms with van der Waals surface area (Å²) < 4.78 is 19.6. The van der Waals surface area contributed by atoms with E-state index in [0.29, 0.717) is 6.54 Å². The van der Waals surface area contributed by atoms with Crippen LogP contribution in [0.5, 0.6) is 5.75 Å². The third-order valence-corrected chi connectivity index (χ3v) is 2.77. The normalized spacial score (nSPS) is 10.8. The molecule has 0 saturated heterocycles. The quantitative estimate of drug-likeness (QED) is 0.774. The van der Waals surface area contributed by atoms with E-state index in [9.17, 15) is 9.18 Å². The summed E-state index contributed by atoms with van der Waals surface area (Å²) in [5.74, 6) is -0.347. The summed E-state index contributed by atoms with van der Waals surface area (Å²) in [6, 6.07) is 2.30. The average Bonchev–Trinajstić information content (AvgIpc) is 2.30. The van der Waals surface area contributed by atoms with E-state index in [0.717, 1.165) is 6.07 Å². The van der Waals surface area contributed by atoms with Gasteiger partial charge in [0.05, 0.1) is 12.5 Å². The first-order valence-electron chi connectivity index (χ1n) is 5.02. The van der Waals surface area contributed by atoms with E-state index >= 15 is 0 Å². The number of benzene rings is 1. The van der Waals surface area contributed by atoms with Gasteiger partial charge < -0.3 is 4.74 Å². The van der Waals surface area contributed by atoms with Gasteiger partial charge in [-0.2, -0.15) is 0 Å². The Kier molecular flexibility index (Phi) is 3.02. The minimum absolute atomic E-state index is 0.0647. The Morgan fingerprint density at radius 1 is 1.53 bits per heavy atom. The maximum atomic E-state index is 13.3. The largest absolute Gasteiger partial charge is 0.494 e. The summed E-state index contributed by atoms with van der Waals surface area (Å²) in [4.78, 5) is 16.1. The van der Waals surface area contributed by atoms with Crippen molar-refractivity contribution in [3.8, 4) is 5.75 Å². The molecule has 2 aromatic rings. The van der Waals surface area contributed by atoms with E-state index in [-0.39, 0.29) is 27.5 Å². The number of halogens is 2. The van der Waals surface area contributed by atoms with E-state index in [1.807, 2.05) is 0 Å². The van der Waals surface area contributed by atoms with Crippen molar-refractivity contribution < 1.29 is 9.13 Å². The van der Waals surface area contributed by atoms with Gasteiger partial charge in [-0.3, -0.25) is 9.36 Å². The van der Waals surface area contributed by atoms with Crippen LogP contribution in [-0.4, -0.2) is 16.7 Å². The average molecular weight is 257 g/mol. The molecule has 2 rings (SSSR count). The summed E-state index contributed by atoms with van der Waals surface area (Å²) in [5, 5.41) is 0.225. The van der Waals surface area contributed by atoms with Crippen LogP contribution in [0.2, 0.25) is 5.28 Å². The van der Waals surface area contributed by atoms with Gasteiger partial charge in [-0.15, -0.1) is 0 Å². The van der Waals surface area contributed by atoms with Gasteiger partial charge in [-0.05, 0) is 24.6 Å². The SMILES string of the molecule is CCn1c(Cl)nc2c(OC)cc(F)cc2c1=O. The topological polar surface area (TPSA) is 44.1 Å². The molecule has 4 nitrogen and oxygen atoms in total. The maximum absolute atomic E-state index is 13.3. The van der Waals surface area contributed by atoms with Crippen molar-refractivity contribution in [1.82, 2.24) is 9.55 Å². The van der Waals surface area contributed by atoms with Crippen LogP contribution in [0.4, 0.5) is 4.39 Å². The molecule has 0 fully saturated rings. The fourth-order valence-corrected chi connectivity index (χ4v) is 1.94. The van der Waals surface area contributed by atoms with Crippen LogP contribution < -0.4 is 10.3 Å². The molecule has 0 aliphatic carbocycles. The minimum atomic E-state index is -0.543. The van der Waals surface area contributed by atoms with Crippen LogP contribution in [-0.2, 0) is 6.54 Å². The summed E-state index contributed by atoms with van der Waals surface area (Å²) in [5.41, 5.74) is -0.103. The number of hydrogen-bond acceptors (Lipinski definition) is 3. The van der Waals surface area contributed by atoms with Crippen molar-refractivity contribution in [2.45, 2.75) is 13.5 Å². The molecule has 0 amide bonds. The maximum Gasteiger partial charge on any atom is 0.262 e. The number of methoxy groups -OCH3 is 1. The van der Waals surface area contributed by atoms with Crippen molar-refractivity contribution >= 4 is 22.5 Å². The Morgan fingerprint density at radius 3 is 2.82 bits per heavy atom. The van der Waals surface area contributed by atoms with Crippen LogP contribution in [0.25, 0.3) is 10.9 Å². The van der Waals surface area contributed by atoms with E-state index in [1.54, 1.807) is 6.92 Å². The first-order chi connectivity index (χ1) is 8.08. The molecule has 1 aromatic heterocycles. The summed E-state index contributed by atoms with van der Waals surface area (Å²) in [7, 11) is 1.38. The van der Waals surface area contributed by atoms with Gasteiger partial charge in [0, 0.05) is 12.6 Å². The lowest BCUT2D eigenvalue weighted by molar-refractivity contribution is 0.415. The Bertz CT molecular complexity index is 639. The molecule has 6 heteroatoms. The summed E-state index contributed by atoms with van der Waals surface area (Å²) in [6.45, 7) is 2.14. The highest BCUT2D eigenvalue weighted by Gasteiger charge is 2.13. The van der Waals surface area contributed by atoms with E-state index < -0.39 is 5.82 Å². The molecule has 0 N–H and O–H groups in total. The third kappa shape index (κ3) is 1.86. The van der Waals surface area contributed by atoms with Gasteiger partial charge in [0.2, 0.25) is 5.28 Å². The first kappa shape index (κ1) is 11.9. The second kappa shape index (κ2) is 4.33. The fraction of sp³-hybridized carbons (Fsp3) is 0.273. The van der Waals surface area contributed by atoms with Crippen molar-refractivity contribution in [3.05, 3.63) is 33.6 Å². The zero-order valence-corrected chi connectivity index (χ0v) is 10.1. The molecule has 0 bridgehead atoms. The van der Waals surface area contributed by atoms with Gasteiger partial charge in [0.1, 0.15) is 17.1 Å². The van der Waals surface area contributed by atoms with E-state index in [2.05, 4.69) is 4.98 Å². The number of rotatable bonds is 2. The molecule has 1 aromatic carbocycles. The zero-order chi connectivity index (χ0) is 12.6. The molecule has 17 heavy (non-hydrogen) atoms. The molecule has 0 spiro atoms. The molecular formula is C11H10ClFN2O2. The molecule has 0 aliphatic heterocycles. The molecule has 0 aliphatic rings. The molecule has 0 saturated carbocycles. The van der Waals surface area contributed by atoms with Crippen molar-refractivity contribution in [2.24, 2.45) is 0 Å². The van der Waals surface area contributed by atoms with E-state index in [1.165, 1.54) is 17.7 Å². The minimum Gasteiger partial charge on any atom is -0.494 e. The molecule has 1 heterocycles. The van der Waals surface area contributed by atoms with Crippen molar-refractivity contribution in [3.63, 3.8) is 0 Å². The number of aromatic nitrogens is 2. The first-order valence-corrected chi connectivity index (χ1v) is 5.39. The van der Waals surface area contributed by atoms with E-state index in [4.69, 9.17) is 16.3 Å². The number of ether oxygens (including phenoxy) is 1. The lowest BCUT2D eigenvalue weighted by Gasteiger charge is -2.09. The molecule has 0 radical (unpaired) electrons.